The fraction of sp³-hybridized carbons (Fsp3) is 0.160. The van der Waals surface area contributed by atoms with Gasteiger partial charge in [-0.1, -0.05) is 29.8 Å². The Morgan fingerprint density at radius 3 is 2.23 bits per heavy atom. The molecule has 31 heavy (non-hydrogen) atoms. The number of thioether (sulfide) groups is 1. The summed E-state index contributed by atoms with van der Waals surface area (Å²) >= 11 is 7.63. The number of rotatable bonds is 6. The lowest BCUT2D eigenvalue weighted by atomic mass is 10.0. The monoisotopic (exact) mass is 450 g/mol. The topological polar surface area (TPSA) is 32.8 Å². The van der Waals surface area contributed by atoms with Crippen LogP contribution in [0, 0.1) is 0 Å². The zero-order valence-electron chi connectivity index (χ0n) is 17.4. The van der Waals surface area contributed by atoms with Gasteiger partial charge < -0.3 is 14.5 Å². The van der Waals surface area contributed by atoms with Gasteiger partial charge in [0.2, 0.25) is 0 Å². The molecule has 1 heterocycles. The first kappa shape index (κ1) is 21.3. The van der Waals surface area contributed by atoms with Crippen LogP contribution < -0.4 is 14.5 Å². The predicted molar refractivity (Wildman–Crippen MR) is 130 cm³/mol. The summed E-state index contributed by atoms with van der Waals surface area (Å²) in [5, 5.41) is 1.58. The van der Waals surface area contributed by atoms with Gasteiger partial charge in [0.1, 0.15) is 5.75 Å². The van der Waals surface area contributed by atoms with Crippen molar-refractivity contribution in [3.05, 3.63) is 100 Å². The molecule has 0 saturated carbocycles. The maximum atomic E-state index is 13.5. The molecule has 0 saturated heterocycles. The van der Waals surface area contributed by atoms with Crippen LogP contribution in [0.15, 0.2) is 89.5 Å². The number of ketones is 1. The standard InChI is InChI=1S/C25H23ClN2O2S/c1-30-22-14-12-20(13-15-22)27-16-23(24(29)18-8-10-19(26)11-9-18)25(31-2)28(17-27)21-6-4-3-5-7-21/h3-15H,16-17H2,1-2H3. The molecule has 0 bridgehead atoms. The van der Waals surface area contributed by atoms with Crippen molar-refractivity contribution in [2.24, 2.45) is 0 Å². The van der Waals surface area contributed by atoms with E-state index in [-0.39, 0.29) is 5.78 Å². The van der Waals surface area contributed by atoms with E-state index in [4.69, 9.17) is 16.3 Å². The fourth-order valence-corrected chi connectivity index (χ4v) is 4.57. The average Bonchev–Trinajstić information content (AvgIpc) is 2.84. The largest absolute Gasteiger partial charge is 0.497 e. The molecular weight excluding hydrogens is 428 g/mol. The van der Waals surface area contributed by atoms with Gasteiger partial charge in [-0.05, 0) is 66.9 Å². The molecule has 0 fully saturated rings. The van der Waals surface area contributed by atoms with E-state index in [1.165, 1.54) is 0 Å². The van der Waals surface area contributed by atoms with Crippen LogP contribution in [0.1, 0.15) is 10.4 Å². The van der Waals surface area contributed by atoms with Gasteiger partial charge in [-0.25, -0.2) is 0 Å². The number of hydrogen-bond donors (Lipinski definition) is 0. The van der Waals surface area contributed by atoms with E-state index in [1.54, 1.807) is 43.1 Å². The molecule has 3 aromatic rings. The van der Waals surface area contributed by atoms with E-state index >= 15 is 0 Å². The van der Waals surface area contributed by atoms with Gasteiger partial charge in [-0.3, -0.25) is 4.79 Å². The van der Waals surface area contributed by atoms with Crippen LogP contribution >= 0.6 is 23.4 Å². The van der Waals surface area contributed by atoms with E-state index < -0.39 is 0 Å². The Morgan fingerprint density at radius 2 is 1.61 bits per heavy atom. The van der Waals surface area contributed by atoms with Crippen molar-refractivity contribution >= 4 is 40.5 Å². The molecule has 0 aliphatic carbocycles. The zero-order chi connectivity index (χ0) is 21.8. The zero-order valence-corrected chi connectivity index (χ0v) is 19.0. The van der Waals surface area contributed by atoms with Crippen molar-refractivity contribution in [2.75, 3.05) is 36.4 Å². The summed E-state index contributed by atoms with van der Waals surface area (Å²) < 4.78 is 5.30. The molecule has 0 aromatic heterocycles. The van der Waals surface area contributed by atoms with Gasteiger partial charge >= 0.3 is 0 Å². The smallest absolute Gasteiger partial charge is 0.193 e. The molecule has 0 spiro atoms. The number of methoxy groups -OCH3 is 1. The number of Topliss-reactive ketones (excluding diaryl/α,β-unsaturated/α-hetero) is 1. The van der Waals surface area contributed by atoms with Crippen LogP contribution in [-0.2, 0) is 0 Å². The molecule has 1 aliphatic rings. The van der Waals surface area contributed by atoms with Crippen molar-refractivity contribution in [1.29, 1.82) is 0 Å². The Morgan fingerprint density at radius 1 is 0.935 bits per heavy atom. The van der Waals surface area contributed by atoms with Crippen LogP contribution in [0.4, 0.5) is 11.4 Å². The summed E-state index contributed by atoms with van der Waals surface area (Å²) in [5.41, 5.74) is 3.48. The first-order chi connectivity index (χ1) is 15.1. The number of carbonyl (C=O) groups excluding carboxylic acids is 1. The molecule has 6 heteroatoms. The summed E-state index contributed by atoms with van der Waals surface area (Å²) in [5.74, 6) is 0.818. The highest BCUT2D eigenvalue weighted by molar-refractivity contribution is 8.02. The Kier molecular flexibility index (Phi) is 6.54. The minimum Gasteiger partial charge on any atom is -0.497 e. The maximum absolute atomic E-state index is 13.5. The summed E-state index contributed by atoms with van der Waals surface area (Å²) in [4.78, 5) is 17.9. The third-order valence-corrected chi connectivity index (χ3v) is 6.35. The van der Waals surface area contributed by atoms with Gasteiger partial charge in [0, 0.05) is 27.5 Å². The number of ether oxygens (including phenoxy) is 1. The van der Waals surface area contributed by atoms with Crippen LogP contribution in [0.5, 0.6) is 5.75 Å². The Labute approximate surface area is 192 Å². The Hall–Kier alpha value is -2.89. The molecule has 0 radical (unpaired) electrons. The van der Waals surface area contributed by atoms with Crippen molar-refractivity contribution in [1.82, 2.24) is 0 Å². The molecule has 1 aliphatic heterocycles. The van der Waals surface area contributed by atoms with Crippen LogP contribution in [0.2, 0.25) is 5.02 Å². The second kappa shape index (κ2) is 9.50. The van der Waals surface area contributed by atoms with E-state index in [1.807, 2.05) is 48.7 Å². The summed E-state index contributed by atoms with van der Waals surface area (Å²) in [6, 6.07) is 25.2. The molecule has 0 N–H and O–H groups in total. The van der Waals surface area contributed by atoms with E-state index in [0.29, 0.717) is 23.8 Å². The summed E-state index contributed by atoms with van der Waals surface area (Å²) in [6.45, 7) is 1.16. The van der Waals surface area contributed by atoms with Crippen LogP contribution in [0.3, 0.4) is 0 Å². The van der Waals surface area contributed by atoms with Crippen molar-refractivity contribution in [2.45, 2.75) is 0 Å². The molecule has 4 nitrogen and oxygen atoms in total. The first-order valence-corrected chi connectivity index (χ1v) is 11.5. The van der Waals surface area contributed by atoms with E-state index in [0.717, 1.165) is 27.7 Å². The number of hydrogen-bond acceptors (Lipinski definition) is 5. The van der Waals surface area contributed by atoms with Gasteiger partial charge in [0.05, 0.1) is 25.4 Å². The lowest BCUT2D eigenvalue weighted by Crippen LogP contribution is -2.45. The van der Waals surface area contributed by atoms with Crippen molar-refractivity contribution in [3.8, 4) is 5.75 Å². The predicted octanol–water partition coefficient (Wildman–Crippen LogP) is 6.09. The lowest BCUT2D eigenvalue weighted by molar-refractivity contribution is 0.103. The van der Waals surface area contributed by atoms with Crippen LogP contribution in [0.25, 0.3) is 0 Å². The third kappa shape index (κ3) is 4.58. The van der Waals surface area contributed by atoms with E-state index in [9.17, 15) is 4.79 Å². The van der Waals surface area contributed by atoms with Crippen molar-refractivity contribution in [3.63, 3.8) is 0 Å². The summed E-state index contributed by atoms with van der Waals surface area (Å²) in [6.07, 6.45) is 2.02. The SMILES string of the molecule is COc1ccc(N2CC(C(=O)c3ccc(Cl)cc3)=C(SC)N(c3ccccc3)C2)cc1. The number of para-hydroxylation sites is 1. The molecule has 0 unspecified atom stereocenters. The maximum Gasteiger partial charge on any atom is 0.193 e. The average molecular weight is 451 g/mol. The molecule has 158 valence electrons. The van der Waals surface area contributed by atoms with Gasteiger partial charge in [-0.15, -0.1) is 11.8 Å². The molecule has 0 atom stereocenters. The molecule has 4 rings (SSSR count). The Balaban J connectivity index is 1.78. The quantitative estimate of drug-likeness (QED) is 0.424. The van der Waals surface area contributed by atoms with E-state index in [2.05, 4.69) is 21.9 Å². The third-order valence-electron chi connectivity index (χ3n) is 5.24. The van der Waals surface area contributed by atoms with Crippen molar-refractivity contribution < 1.29 is 9.53 Å². The minimum absolute atomic E-state index is 0.0140. The number of carbonyl (C=O) groups is 1. The molecular formula is C25H23ClN2O2S. The van der Waals surface area contributed by atoms with Gasteiger partial charge in [0.25, 0.3) is 0 Å². The highest BCUT2D eigenvalue weighted by atomic mass is 35.5. The number of halogens is 1. The minimum atomic E-state index is 0.0140. The molecule has 3 aromatic carbocycles. The highest BCUT2D eigenvalue weighted by Gasteiger charge is 2.30. The number of anilines is 2. The highest BCUT2D eigenvalue weighted by Crippen LogP contribution is 2.35. The number of benzene rings is 3. The summed E-state index contributed by atoms with van der Waals surface area (Å²) in [7, 11) is 1.66. The normalized spacial score (nSPS) is 14.0. The Bertz CT molecular complexity index is 1080. The van der Waals surface area contributed by atoms with Gasteiger partial charge in [0.15, 0.2) is 5.78 Å². The van der Waals surface area contributed by atoms with Gasteiger partial charge in [-0.2, -0.15) is 0 Å². The fourth-order valence-electron chi connectivity index (χ4n) is 3.66. The lowest BCUT2D eigenvalue weighted by Gasteiger charge is -2.40. The second-order valence-electron chi connectivity index (χ2n) is 7.12. The first-order valence-electron chi connectivity index (χ1n) is 9.89. The second-order valence-corrected chi connectivity index (χ2v) is 8.36. The van der Waals surface area contributed by atoms with Crippen LogP contribution in [-0.4, -0.2) is 32.4 Å². The molecule has 0 amide bonds. The number of nitrogens with zero attached hydrogens (tertiary/aromatic N) is 2.